The standard InChI is InChI=1S/C19H22IN5O7/c1-8(26)29-6-12-14(30-9(2)27)15(31-10(3)28)18(32-12)25-7-21-13-16(22-11-4-5-11)23-19(20)24-17(13)25/h7,11-12,14-15,18H,4-6H2,1-3H3,(H,22,23,24)/t12-,14-,15-,18-/m1/s1. The van der Waals surface area contributed by atoms with Crippen molar-refractivity contribution >= 4 is 57.5 Å². The monoisotopic (exact) mass is 559 g/mol. The molecule has 12 nitrogen and oxygen atoms in total. The summed E-state index contributed by atoms with van der Waals surface area (Å²) in [6.45, 7) is 3.55. The zero-order valence-corrected chi connectivity index (χ0v) is 19.8. The number of carbonyl (C=O) groups is 3. The van der Waals surface area contributed by atoms with Crippen molar-refractivity contribution in [1.29, 1.82) is 0 Å². The molecule has 172 valence electrons. The van der Waals surface area contributed by atoms with E-state index in [1.165, 1.54) is 27.1 Å². The van der Waals surface area contributed by atoms with Crippen molar-refractivity contribution in [2.75, 3.05) is 11.9 Å². The normalized spacial score (nSPS) is 24.9. The molecule has 13 heteroatoms. The van der Waals surface area contributed by atoms with Gasteiger partial charge in [-0.3, -0.25) is 19.0 Å². The number of ether oxygens (including phenoxy) is 4. The summed E-state index contributed by atoms with van der Waals surface area (Å²) in [6, 6.07) is 0.354. The van der Waals surface area contributed by atoms with Gasteiger partial charge in [0.05, 0.1) is 6.33 Å². The van der Waals surface area contributed by atoms with Gasteiger partial charge in [0.15, 0.2) is 39.2 Å². The molecule has 0 amide bonds. The van der Waals surface area contributed by atoms with Gasteiger partial charge < -0.3 is 24.3 Å². The Hall–Kier alpha value is -2.55. The van der Waals surface area contributed by atoms with Crippen molar-refractivity contribution in [2.45, 2.75) is 64.2 Å². The average Bonchev–Trinajstić information content (AvgIpc) is 3.32. The molecule has 2 fully saturated rings. The summed E-state index contributed by atoms with van der Waals surface area (Å²) in [6.07, 6.45) is -0.165. The van der Waals surface area contributed by atoms with Crippen LogP contribution in [-0.2, 0) is 33.3 Å². The number of anilines is 1. The minimum absolute atomic E-state index is 0.185. The second kappa shape index (κ2) is 9.13. The van der Waals surface area contributed by atoms with E-state index in [9.17, 15) is 14.4 Å². The molecular formula is C19H22IN5O7. The van der Waals surface area contributed by atoms with Crippen molar-refractivity contribution in [3.8, 4) is 0 Å². The summed E-state index contributed by atoms with van der Waals surface area (Å²) < 4.78 is 24.1. The van der Waals surface area contributed by atoms with Crippen molar-refractivity contribution in [3.05, 3.63) is 10.2 Å². The summed E-state index contributed by atoms with van der Waals surface area (Å²) in [5.41, 5.74) is 0.999. The largest absolute Gasteiger partial charge is 0.463 e. The minimum atomic E-state index is -1.01. The number of carbonyl (C=O) groups excluding carboxylic acids is 3. The third-order valence-electron chi connectivity index (χ3n) is 4.93. The van der Waals surface area contributed by atoms with Crippen molar-refractivity contribution in [3.63, 3.8) is 0 Å². The first-order valence-corrected chi connectivity index (χ1v) is 11.1. The molecule has 0 radical (unpaired) electrons. The molecule has 1 saturated heterocycles. The van der Waals surface area contributed by atoms with Crippen molar-refractivity contribution in [1.82, 2.24) is 19.5 Å². The Labute approximate surface area is 196 Å². The van der Waals surface area contributed by atoms with E-state index in [0.29, 0.717) is 26.9 Å². The predicted molar refractivity (Wildman–Crippen MR) is 116 cm³/mol. The van der Waals surface area contributed by atoms with Gasteiger partial charge in [0.25, 0.3) is 0 Å². The third-order valence-corrected chi connectivity index (χ3v) is 5.41. The Morgan fingerprint density at radius 1 is 1.12 bits per heavy atom. The molecule has 0 spiro atoms. The molecule has 0 bridgehead atoms. The summed E-state index contributed by atoms with van der Waals surface area (Å²) in [5, 5.41) is 3.34. The first-order valence-electron chi connectivity index (χ1n) is 10.0. The minimum Gasteiger partial charge on any atom is -0.463 e. The second-order valence-corrected chi connectivity index (χ2v) is 8.56. The molecule has 4 atom stereocenters. The third kappa shape index (κ3) is 4.92. The number of nitrogens with zero attached hydrogens (tertiary/aromatic N) is 4. The van der Waals surface area contributed by atoms with Crippen LogP contribution in [0, 0.1) is 3.83 Å². The fourth-order valence-corrected chi connectivity index (χ4v) is 3.98. The van der Waals surface area contributed by atoms with Gasteiger partial charge in [0.1, 0.15) is 12.7 Å². The fourth-order valence-electron chi connectivity index (χ4n) is 3.51. The number of halogens is 1. The molecule has 0 aromatic carbocycles. The Morgan fingerprint density at radius 3 is 2.44 bits per heavy atom. The lowest BCUT2D eigenvalue weighted by atomic mass is 10.1. The van der Waals surface area contributed by atoms with E-state index in [0.717, 1.165) is 12.8 Å². The molecular weight excluding hydrogens is 537 g/mol. The highest BCUT2D eigenvalue weighted by Gasteiger charge is 2.51. The Kier molecular flexibility index (Phi) is 6.46. The fraction of sp³-hybridized carbons (Fsp3) is 0.579. The SMILES string of the molecule is CC(=O)OC[C@H]1O[C@@H](n2cnc3c(NC4CC4)nc(I)nc32)[C@H](OC(C)=O)[C@@H]1OC(C)=O. The zero-order valence-electron chi connectivity index (χ0n) is 17.6. The van der Waals surface area contributed by atoms with Crippen LogP contribution in [0.3, 0.4) is 0 Å². The smallest absolute Gasteiger partial charge is 0.303 e. The van der Waals surface area contributed by atoms with Crippen LogP contribution in [0.25, 0.3) is 11.2 Å². The first-order chi connectivity index (χ1) is 15.2. The van der Waals surface area contributed by atoms with Crippen LogP contribution in [0.1, 0.15) is 39.8 Å². The van der Waals surface area contributed by atoms with E-state index in [1.807, 2.05) is 22.6 Å². The van der Waals surface area contributed by atoms with Crippen LogP contribution in [0.2, 0.25) is 0 Å². The molecule has 1 aliphatic carbocycles. The number of nitrogens with one attached hydrogen (secondary N) is 1. The van der Waals surface area contributed by atoms with Gasteiger partial charge in [0, 0.05) is 49.4 Å². The van der Waals surface area contributed by atoms with E-state index in [2.05, 4.69) is 20.3 Å². The molecule has 4 rings (SSSR count). The molecule has 1 aliphatic heterocycles. The lowest BCUT2D eigenvalue weighted by Gasteiger charge is -2.23. The first kappa shape index (κ1) is 22.6. The molecule has 1 saturated carbocycles. The van der Waals surface area contributed by atoms with Gasteiger partial charge >= 0.3 is 17.9 Å². The van der Waals surface area contributed by atoms with Gasteiger partial charge in [-0.25, -0.2) is 15.0 Å². The molecule has 0 unspecified atom stereocenters. The maximum Gasteiger partial charge on any atom is 0.303 e. The van der Waals surface area contributed by atoms with Gasteiger partial charge in [0.2, 0.25) is 0 Å². The van der Waals surface area contributed by atoms with Gasteiger partial charge in [-0.1, -0.05) is 0 Å². The lowest BCUT2D eigenvalue weighted by Crippen LogP contribution is -2.40. The maximum absolute atomic E-state index is 11.9. The van der Waals surface area contributed by atoms with E-state index >= 15 is 0 Å². The topological polar surface area (TPSA) is 144 Å². The van der Waals surface area contributed by atoms with Gasteiger partial charge in [-0.2, -0.15) is 0 Å². The molecule has 32 heavy (non-hydrogen) atoms. The Morgan fingerprint density at radius 2 is 1.81 bits per heavy atom. The van der Waals surface area contributed by atoms with Gasteiger partial charge in [-0.15, -0.1) is 0 Å². The van der Waals surface area contributed by atoms with Crippen LogP contribution >= 0.6 is 22.6 Å². The van der Waals surface area contributed by atoms with E-state index < -0.39 is 42.4 Å². The highest BCUT2D eigenvalue weighted by molar-refractivity contribution is 14.1. The number of imidazole rings is 1. The highest BCUT2D eigenvalue weighted by atomic mass is 127. The van der Waals surface area contributed by atoms with Crippen LogP contribution < -0.4 is 5.32 Å². The summed E-state index contributed by atoms with van der Waals surface area (Å²) in [5.74, 6) is -1.09. The predicted octanol–water partition coefficient (Wildman–Crippen LogP) is 1.33. The van der Waals surface area contributed by atoms with E-state index in [4.69, 9.17) is 18.9 Å². The van der Waals surface area contributed by atoms with E-state index in [1.54, 1.807) is 4.57 Å². The quantitative estimate of drug-likeness (QED) is 0.227. The lowest BCUT2D eigenvalue weighted by molar-refractivity contribution is -0.166. The number of hydrogen-bond donors (Lipinski definition) is 1. The van der Waals surface area contributed by atoms with Crippen molar-refractivity contribution in [2.24, 2.45) is 0 Å². The van der Waals surface area contributed by atoms with Crippen molar-refractivity contribution < 1.29 is 33.3 Å². The second-order valence-electron chi connectivity index (χ2n) is 7.60. The number of esters is 3. The highest BCUT2D eigenvalue weighted by Crippen LogP contribution is 2.37. The molecule has 2 aromatic rings. The number of fused-ring (bicyclic) bond motifs is 1. The van der Waals surface area contributed by atoms with Gasteiger partial charge in [-0.05, 0) is 12.8 Å². The number of aromatic nitrogens is 4. The molecule has 1 N–H and O–H groups in total. The molecule has 2 aromatic heterocycles. The Bertz CT molecular complexity index is 1060. The zero-order chi connectivity index (χ0) is 23.0. The maximum atomic E-state index is 11.9. The van der Waals surface area contributed by atoms with E-state index in [-0.39, 0.29) is 6.61 Å². The van der Waals surface area contributed by atoms with Crippen LogP contribution in [0.4, 0.5) is 5.82 Å². The van der Waals surface area contributed by atoms with Crippen LogP contribution in [0.5, 0.6) is 0 Å². The average molecular weight is 559 g/mol. The summed E-state index contributed by atoms with van der Waals surface area (Å²) >= 11 is 2.01. The Balaban J connectivity index is 1.73. The molecule has 3 heterocycles. The number of hydrogen-bond acceptors (Lipinski definition) is 11. The summed E-state index contributed by atoms with van der Waals surface area (Å²) in [4.78, 5) is 48.3. The van der Waals surface area contributed by atoms with Crippen LogP contribution in [-0.4, -0.2) is 68.4 Å². The van der Waals surface area contributed by atoms with Crippen LogP contribution in [0.15, 0.2) is 6.33 Å². The number of rotatable bonds is 7. The summed E-state index contributed by atoms with van der Waals surface area (Å²) in [7, 11) is 0. The molecule has 2 aliphatic rings.